The van der Waals surface area contributed by atoms with E-state index in [2.05, 4.69) is 34.2 Å². The van der Waals surface area contributed by atoms with Gasteiger partial charge in [-0.2, -0.15) is 0 Å². The minimum absolute atomic E-state index is 0.0377. The molecule has 7 heteroatoms. The number of ketones is 1. The standard InChI is InChI=1S/C13H11NO2S.C4H10N2.C3H8O.C3H8/c1-8-12(9(2)16)17-13(14-8)11-5-3-10(7-15)4-6-11;1-2-6-4-3-5-1;1-3-4-2;1-3-2/h3-7H,1-2H3;5-6H,1-4H2;3H2,1-2H3;3H2,1-2H3. The van der Waals surface area contributed by atoms with Crippen LogP contribution in [0.2, 0.25) is 0 Å². The summed E-state index contributed by atoms with van der Waals surface area (Å²) < 4.78 is 4.54. The zero-order chi connectivity index (χ0) is 22.8. The molecule has 168 valence electrons. The fraction of sp³-hybridized carbons (Fsp3) is 0.522. The Morgan fingerprint density at radius 3 is 1.87 bits per heavy atom. The number of aldehydes is 1. The van der Waals surface area contributed by atoms with E-state index in [1.165, 1.54) is 17.8 Å². The second-order valence-corrected chi connectivity index (χ2v) is 7.51. The van der Waals surface area contributed by atoms with Crippen LogP contribution in [0, 0.1) is 6.92 Å². The highest BCUT2D eigenvalue weighted by atomic mass is 32.1. The van der Waals surface area contributed by atoms with Crippen LogP contribution < -0.4 is 10.6 Å². The quantitative estimate of drug-likeness (QED) is 0.548. The molecule has 0 aliphatic carbocycles. The number of hydrogen-bond donors (Lipinski definition) is 2. The van der Waals surface area contributed by atoms with Crippen LogP contribution in [-0.2, 0) is 4.74 Å². The Kier molecular flexibility index (Phi) is 16.7. The maximum Gasteiger partial charge on any atom is 0.171 e. The predicted octanol–water partition coefficient (Wildman–Crippen LogP) is 4.38. The van der Waals surface area contributed by atoms with Crippen molar-refractivity contribution in [2.24, 2.45) is 0 Å². The van der Waals surface area contributed by atoms with E-state index in [9.17, 15) is 9.59 Å². The van der Waals surface area contributed by atoms with Gasteiger partial charge in [0.1, 0.15) is 11.3 Å². The molecule has 0 radical (unpaired) electrons. The van der Waals surface area contributed by atoms with Crippen LogP contribution in [0.4, 0.5) is 0 Å². The third-order valence-electron chi connectivity index (χ3n) is 3.66. The number of methoxy groups -OCH3 is 1. The summed E-state index contributed by atoms with van der Waals surface area (Å²) in [6, 6.07) is 7.16. The average molecular weight is 436 g/mol. The molecule has 1 aliphatic rings. The molecule has 1 fully saturated rings. The molecule has 0 amide bonds. The van der Waals surface area contributed by atoms with E-state index in [1.807, 2.05) is 26.0 Å². The van der Waals surface area contributed by atoms with Crippen molar-refractivity contribution in [3.8, 4) is 10.6 Å². The van der Waals surface area contributed by atoms with Crippen molar-refractivity contribution in [1.82, 2.24) is 15.6 Å². The van der Waals surface area contributed by atoms with Crippen molar-refractivity contribution in [2.45, 2.75) is 41.0 Å². The lowest BCUT2D eigenvalue weighted by Gasteiger charge is -2.11. The molecule has 30 heavy (non-hydrogen) atoms. The highest BCUT2D eigenvalue weighted by molar-refractivity contribution is 7.17. The molecule has 0 spiro atoms. The summed E-state index contributed by atoms with van der Waals surface area (Å²) in [7, 11) is 1.68. The normalized spacial score (nSPS) is 12.2. The monoisotopic (exact) mass is 435 g/mol. The van der Waals surface area contributed by atoms with Crippen LogP contribution in [0.5, 0.6) is 0 Å². The summed E-state index contributed by atoms with van der Waals surface area (Å²) in [5.41, 5.74) is 2.32. The summed E-state index contributed by atoms with van der Waals surface area (Å²) in [6.07, 6.45) is 2.05. The molecule has 0 saturated carbocycles. The van der Waals surface area contributed by atoms with Crippen molar-refractivity contribution < 1.29 is 14.3 Å². The molecule has 3 rings (SSSR count). The number of benzene rings is 1. The molecule has 1 saturated heterocycles. The first kappa shape index (κ1) is 28.1. The number of nitrogens with one attached hydrogen (secondary N) is 2. The number of hydrogen-bond acceptors (Lipinski definition) is 7. The van der Waals surface area contributed by atoms with Crippen LogP contribution in [-0.4, -0.2) is 56.9 Å². The minimum atomic E-state index is 0.0377. The van der Waals surface area contributed by atoms with Gasteiger partial charge >= 0.3 is 0 Å². The van der Waals surface area contributed by atoms with Gasteiger partial charge in [0, 0.05) is 57.9 Å². The second-order valence-electron chi connectivity index (χ2n) is 6.51. The Labute approximate surface area is 185 Å². The highest BCUT2D eigenvalue weighted by Gasteiger charge is 2.12. The van der Waals surface area contributed by atoms with E-state index < -0.39 is 0 Å². The maximum atomic E-state index is 11.3. The Morgan fingerprint density at radius 2 is 1.57 bits per heavy atom. The summed E-state index contributed by atoms with van der Waals surface area (Å²) in [4.78, 5) is 26.9. The van der Waals surface area contributed by atoms with Gasteiger partial charge in [0.15, 0.2) is 5.78 Å². The zero-order valence-electron chi connectivity index (χ0n) is 19.2. The van der Waals surface area contributed by atoms with Gasteiger partial charge in [0.2, 0.25) is 0 Å². The van der Waals surface area contributed by atoms with Crippen molar-refractivity contribution in [2.75, 3.05) is 39.9 Å². The van der Waals surface area contributed by atoms with Crippen LogP contribution in [0.1, 0.15) is 59.8 Å². The van der Waals surface area contributed by atoms with E-state index in [-0.39, 0.29) is 5.78 Å². The van der Waals surface area contributed by atoms with Gasteiger partial charge in [-0.05, 0) is 13.8 Å². The maximum absolute atomic E-state index is 11.3. The van der Waals surface area contributed by atoms with Gasteiger partial charge < -0.3 is 15.4 Å². The van der Waals surface area contributed by atoms with Crippen molar-refractivity contribution in [3.05, 3.63) is 40.4 Å². The third kappa shape index (κ3) is 11.9. The number of nitrogens with zero attached hydrogens (tertiary/aromatic N) is 1. The molecule has 1 aliphatic heterocycles. The van der Waals surface area contributed by atoms with Gasteiger partial charge in [-0.1, -0.05) is 44.5 Å². The van der Waals surface area contributed by atoms with E-state index in [0.717, 1.165) is 55.3 Å². The van der Waals surface area contributed by atoms with Crippen molar-refractivity contribution in [1.29, 1.82) is 0 Å². The Balaban J connectivity index is 0.000000529. The minimum Gasteiger partial charge on any atom is -0.385 e. The number of Topliss-reactive ketones (excluding diaryl/α,β-unsaturated/α-hetero) is 1. The van der Waals surface area contributed by atoms with Gasteiger partial charge in [0.25, 0.3) is 0 Å². The Morgan fingerprint density at radius 1 is 1.10 bits per heavy atom. The lowest BCUT2D eigenvalue weighted by atomic mass is 10.1. The SMILES string of the molecule is C1CNCCN1.CC(=O)c1sc(-c2ccc(C=O)cc2)nc1C.CCC.CCOC. The van der Waals surface area contributed by atoms with Crippen molar-refractivity contribution in [3.63, 3.8) is 0 Å². The lowest BCUT2D eigenvalue weighted by Crippen LogP contribution is -2.39. The van der Waals surface area contributed by atoms with E-state index in [1.54, 1.807) is 26.2 Å². The van der Waals surface area contributed by atoms with Crippen LogP contribution in [0.25, 0.3) is 10.6 Å². The fourth-order valence-corrected chi connectivity index (χ4v) is 3.12. The molecule has 2 aromatic rings. The lowest BCUT2D eigenvalue weighted by molar-refractivity contribution is 0.102. The number of piperazine rings is 1. The van der Waals surface area contributed by atoms with Crippen molar-refractivity contribution >= 4 is 23.4 Å². The van der Waals surface area contributed by atoms with Gasteiger partial charge in [0.05, 0.1) is 10.6 Å². The number of thiazole rings is 1. The number of ether oxygens (including phenoxy) is 1. The molecule has 0 unspecified atom stereocenters. The van der Waals surface area contributed by atoms with Crippen LogP contribution in [0.3, 0.4) is 0 Å². The third-order valence-corrected chi connectivity index (χ3v) is 4.96. The van der Waals surface area contributed by atoms with Gasteiger partial charge in [-0.25, -0.2) is 4.98 Å². The summed E-state index contributed by atoms with van der Waals surface area (Å²) in [5.74, 6) is 0.0377. The molecule has 2 N–H and O–H groups in total. The van der Waals surface area contributed by atoms with E-state index in [4.69, 9.17) is 0 Å². The number of aryl methyl sites for hydroxylation is 1. The molecular formula is C23H37N3O3S. The molecule has 0 atom stereocenters. The predicted molar refractivity (Wildman–Crippen MR) is 127 cm³/mol. The summed E-state index contributed by atoms with van der Waals surface area (Å²) in [6.45, 7) is 15.0. The first-order chi connectivity index (χ1) is 14.4. The first-order valence-corrected chi connectivity index (χ1v) is 11.2. The number of aromatic nitrogens is 1. The summed E-state index contributed by atoms with van der Waals surface area (Å²) in [5, 5.41) is 7.25. The Hall–Kier alpha value is -1.93. The van der Waals surface area contributed by atoms with E-state index in [0.29, 0.717) is 10.4 Å². The fourth-order valence-electron chi connectivity index (χ4n) is 2.15. The summed E-state index contributed by atoms with van der Waals surface area (Å²) >= 11 is 1.39. The van der Waals surface area contributed by atoms with E-state index >= 15 is 0 Å². The molecule has 1 aromatic heterocycles. The highest BCUT2D eigenvalue weighted by Crippen LogP contribution is 2.28. The molecule has 1 aromatic carbocycles. The smallest absolute Gasteiger partial charge is 0.171 e. The van der Waals surface area contributed by atoms with Crippen LogP contribution >= 0.6 is 11.3 Å². The molecule has 2 heterocycles. The molecular weight excluding hydrogens is 398 g/mol. The topological polar surface area (TPSA) is 80.3 Å². The molecule has 6 nitrogen and oxygen atoms in total. The average Bonchev–Trinajstić information content (AvgIpc) is 3.18. The number of carbonyl (C=O) groups excluding carboxylic acids is 2. The first-order valence-electron chi connectivity index (χ1n) is 10.4. The second kappa shape index (κ2) is 17.9. The number of rotatable bonds is 4. The van der Waals surface area contributed by atoms with Gasteiger partial charge in [-0.15, -0.1) is 11.3 Å². The number of carbonyl (C=O) groups is 2. The Bertz CT molecular complexity index is 697. The molecule has 0 bridgehead atoms. The van der Waals surface area contributed by atoms with Gasteiger partial charge in [-0.3, -0.25) is 9.59 Å². The largest absolute Gasteiger partial charge is 0.385 e. The van der Waals surface area contributed by atoms with Crippen LogP contribution in [0.15, 0.2) is 24.3 Å². The zero-order valence-corrected chi connectivity index (χ0v) is 20.0.